The Balaban J connectivity index is 2.17. The lowest BCUT2D eigenvalue weighted by atomic mass is 10.3. The minimum Gasteiger partial charge on any atom is -0.468 e. The van der Waals surface area contributed by atoms with Crippen molar-refractivity contribution in [3.8, 4) is 0 Å². The van der Waals surface area contributed by atoms with Gasteiger partial charge in [-0.1, -0.05) is 0 Å². The zero-order chi connectivity index (χ0) is 13.9. The predicted octanol–water partition coefficient (Wildman–Crippen LogP) is 1.60. The molecule has 0 aliphatic heterocycles. The molecule has 0 amide bonds. The van der Waals surface area contributed by atoms with E-state index in [2.05, 4.69) is 10.1 Å². The summed E-state index contributed by atoms with van der Waals surface area (Å²) >= 11 is 0. The summed E-state index contributed by atoms with van der Waals surface area (Å²) in [6.07, 6.45) is 1.50. The van der Waals surface area contributed by atoms with E-state index >= 15 is 0 Å². The van der Waals surface area contributed by atoms with Crippen LogP contribution < -0.4 is 16.0 Å². The van der Waals surface area contributed by atoms with Crippen molar-refractivity contribution in [2.45, 2.75) is 17.9 Å². The molecule has 0 fully saturated rings. The fraction of sp³-hybridized carbons (Fsp3) is 0.167. The van der Waals surface area contributed by atoms with Gasteiger partial charge in [0.15, 0.2) is 0 Å². The van der Waals surface area contributed by atoms with Gasteiger partial charge in [-0.3, -0.25) is 5.84 Å². The number of furan rings is 1. The zero-order valence-electron chi connectivity index (χ0n) is 10.3. The van der Waals surface area contributed by atoms with Crippen molar-refractivity contribution in [1.29, 1.82) is 0 Å². The van der Waals surface area contributed by atoms with Crippen molar-refractivity contribution >= 4 is 15.7 Å². The first-order valence-electron chi connectivity index (χ1n) is 5.65. The quantitative estimate of drug-likeness (QED) is 0.571. The molecule has 1 heterocycles. The standard InChI is InChI=1S/C12H15N3O3S/c1-9(12-3-2-8-18-12)15-19(16,17)11-6-4-10(14-13)5-7-11/h2-9,14-15H,13H2,1H3. The van der Waals surface area contributed by atoms with Crippen molar-refractivity contribution in [2.75, 3.05) is 5.43 Å². The van der Waals surface area contributed by atoms with Crippen molar-refractivity contribution in [1.82, 2.24) is 4.72 Å². The van der Waals surface area contributed by atoms with Gasteiger partial charge in [0, 0.05) is 5.69 Å². The highest BCUT2D eigenvalue weighted by atomic mass is 32.2. The van der Waals surface area contributed by atoms with E-state index in [9.17, 15) is 8.42 Å². The monoisotopic (exact) mass is 281 g/mol. The van der Waals surface area contributed by atoms with Gasteiger partial charge in [-0.2, -0.15) is 0 Å². The molecule has 0 radical (unpaired) electrons. The van der Waals surface area contributed by atoms with Crippen LogP contribution in [0.25, 0.3) is 0 Å². The summed E-state index contributed by atoms with van der Waals surface area (Å²) in [5.41, 5.74) is 3.08. The first-order valence-corrected chi connectivity index (χ1v) is 7.13. The van der Waals surface area contributed by atoms with Gasteiger partial charge in [0.05, 0.1) is 17.2 Å². The van der Waals surface area contributed by atoms with Crippen molar-refractivity contribution < 1.29 is 12.8 Å². The van der Waals surface area contributed by atoms with E-state index in [4.69, 9.17) is 10.3 Å². The normalized spacial score (nSPS) is 13.2. The molecule has 0 aliphatic carbocycles. The second kappa shape index (κ2) is 5.43. The molecule has 7 heteroatoms. The van der Waals surface area contributed by atoms with Gasteiger partial charge in [-0.15, -0.1) is 0 Å². The Labute approximate surface area is 111 Å². The molecule has 2 rings (SSSR count). The SMILES string of the molecule is CC(NS(=O)(=O)c1ccc(NN)cc1)c1ccco1. The number of benzene rings is 1. The van der Waals surface area contributed by atoms with Gasteiger partial charge in [0.1, 0.15) is 5.76 Å². The summed E-state index contributed by atoms with van der Waals surface area (Å²) < 4.78 is 32.0. The molecule has 4 N–H and O–H groups in total. The van der Waals surface area contributed by atoms with E-state index in [0.29, 0.717) is 11.4 Å². The first-order chi connectivity index (χ1) is 9.03. The third kappa shape index (κ3) is 3.14. The molecule has 102 valence electrons. The molecular weight excluding hydrogens is 266 g/mol. The third-order valence-electron chi connectivity index (χ3n) is 2.63. The lowest BCUT2D eigenvalue weighted by Gasteiger charge is -2.12. The highest BCUT2D eigenvalue weighted by Gasteiger charge is 2.19. The number of anilines is 1. The average molecular weight is 281 g/mol. The highest BCUT2D eigenvalue weighted by molar-refractivity contribution is 7.89. The maximum atomic E-state index is 12.1. The molecule has 2 aromatic rings. The van der Waals surface area contributed by atoms with Gasteiger partial charge in [0.25, 0.3) is 0 Å². The summed E-state index contributed by atoms with van der Waals surface area (Å²) in [5, 5.41) is 0. The molecular formula is C12H15N3O3S. The molecule has 0 bridgehead atoms. The largest absolute Gasteiger partial charge is 0.468 e. The molecule has 1 aromatic carbocycles. The molecule has 0 saturated carbocycles. The summed E-state index contributed by atoms with van der Waals surface area (Å²) in [4.78, 5) is 0.171. The van der Waals surface area contributed by atoms with Crippen LogP contribution in [0.4, 0.5) is 5.69 Å². The van der Waals surface area contributed by atoms with Crippen LogP contribution in [0.3, 0.4) is 0 Å². The highest BCUT2D eigenvalue weighted by Crippen LogP contribution is 2.18. The summed E-state index contributed by atoms with van der Waals surface area (Å²) in [5.74, 6) is 5.79. The maximum Gasteiger partial charge on any atom is 0.241 e. The number of nitrogen functional groups attached to an aromatic ring is 1. The number of rotatable bonds is 5. The summed E-state index contributed by atoms with van der Waals surface area (Å²) in [6, 6.07) is 9.13. The fourth-order valence-corrected chi connectivity index (χ4v) is 2.84. The Morgan fingerprint density at radius 3 is 2.42 bits per heavy atom. The van der Waals surface area contributed by atoms with Crippen molar-refractivity contribution in [3.63, 3.8) is 0 Å². The molecule has 0 aliphatic rings. The predicted molar refractivity (Wildman–Crippen MR) is 71.7 cm³/mol. The Morgan fingerprint density at radius 1 is 1.21 bits per heavy atom. The molecule has 0 saturated heterocycles. The van der Waals surface area contributed by atoms with Gasteiger partial charge >= 0.3 is 0 Å². The van der Waals surface area contributed by atoms with Crippen molar-refractivity contribution in [2.24, 2.45) is 5.84 Å². The van der Waals surface area contributed by atoms with E-state index in [0.717, 1.165) is 0 Å². The molecule has 1 unspecified atom stereocenters. The van der Waals surface area contributed by atoms with E-state index in [1.807, 2.05) is 0 Å². The fourth-order valence-electron chi connectivity index (χ4n) is 1.63. The molecule has 0 spiro atoms. The smallest absolute Gasteiger partial charge is 0.241 e. The Kier molecular flexibility index (Phi) is 3.89. The minimum absolute atomic E-state index is 0.171. The van der Waals surface area contributed by atoms with E-state index in [1.165, 1.54) is 18.4 Å². The number of hydrazine groups is 1. The van der Waals surface area contributed by atoms with Crippen LogP contribution in [-0.2, 0) is 10.0 Å². The Morgan fingerprint density at radius 2 is 1.89 bits per heavy atom. The third-order valence-corrected chi connectivity index (χ3v) is 4.19. The number of hydrogen-bond acceptors (Lipinski definition) is 5. The lowest BCUT2D eigenvalue weighted by Crippen LogP contribution is -2.26. The Bertz CT molecular complexity index is 621. The van der Waals surface area contributed by atoms with Crippen LogP contribution in [0.2, 0.25) is 0 Å². The summed E-state index contributed by atoms with van der Waals surface area (Å²) in [6.45, 7) is 1.71. The van der Waals surface area contributed by atoms with Crippen LogP contribution in [0.1, 0.15) is 18.7 Å². The number of nitrogens with two attached hydrogens (primary N) is 1. The van der Waals surface area contributed by atoms with Gasteiger partial charge in [-0.25, -0.2) is 13.1 Å². The second-order valence-corrected chi connectivity index (χ2v) is 5.74. The van der Waals surface area contributed by atoms with Crippen LogP contribution in [0.15, 0.2) is 52.0 Å². The van der Waals surface area contributed by atoms with E-state index in [1.54, 1.807) is 31.2 Å². The molecule has 1 atom stereocenters. The van der Waals surface area contributed by atoms with Gasteiger partial charge < -0.3 is 9.84 Å². The van der Waals surface area contributed by atoms with Crippen LogP contribution in [0.5, 0.6) is 0 Å². The zero-order valence-corrected chi connectivity index (χ0v) is 11.1. The van der Waals surface area contributed by atoms with Gasteiger partial charge in [-0.05, 0) is 43.3 Å². The number of hydrogen-bond donors (Lipinski definition) is 3. The topological polar surface area (TPSA) is 97.4 Å². The van der Waals surface area contributed by atoms with Gasteiger partial charge in [0.2, 0.25) is 10.0 Å². The Hall–Kier alpha value is -1.83. The van der Waals surface area contributed by atoms with E-state index < -0.39 is 16.1 Å². The van der Waals surface area contributed by atoms with Crippen LogP contribution in [0, 0.1) is 0 Å². The molecule has 19 heavy (non-hydrogen) atoms. The maximum absolute atomic E-state index is 12.1. The summed E-state index contributed by atoms with van der Waals surface area (Å²) in [7, 11) is -3.59. The van der Waals surface area contributed by atoms with Crippen molar-refractivity contribution in [3.05, 3.63) is 48.4 Å². The van der Waals surface area contributed by atoms with E-state index in [-0.39, 0.29) is 4.90 Å². The number of sulfonamides is 1. The van der Waals surface area contributed by atoms with Crippen LogP contribution in [-0.4, -0.2) is 8.42 Å². The van der Waals surface area contributed by atoms with Crippen LogP contribution >= 0.6 is 0 Å². The first kappa shape index (κ1) is 13.6. The lowest BCUT2D eigenvalue weighted by molar-refractivity contribution is 0.459. The number of nitrogens with one attached hydrogen (secondary N) is 2. The average Bonchev–Trinajstić information content (AvgIpc) is 2.92. The molecule has 6 nitrogen and oxygen atoms in total. The molecule has 1 aromatic heterocycles. The second-order valence-electron chi connectivity index (χ2n) is 4.03. The minimum atomic E-state index is -3.59.